The normalized spacial score (nSPS) is 16.9. The summed E-state index contributed by atoms with van der Waals surface area (Å²) in [5.74, 6) is -0.952. The van der Waals surface area contributed by atoms with E-state index < -0.39 is 5.97 Å². The van der Waals surface area contributed by atoms with Gasteiger partial charge in [0.2, 0.25) is 5.91 Å². The predicted octanol–water partition coefficient (Wildman–Crippen LogP) is 4.88. The maximum absolute atomic E-state index is 13.2. The molecule has 0 aromatic heterocycles. The summed E-state index contributed by atoms with van der Waals surface area (Å²) in [5, 5.41) is 2.97. The lowest BCUT2D eigenvalue weighted by Gasteiger charge is -2.34. The average molecular weight is 463 g/mol. The molecular formula is C28H34N2O4. The molecule has 0 saturated carbocycles. The Kier molecular flexibility index (Phi) is 8.26. The standard InChI is InChI=1S/C28H34N2O4/c1-6-19(4)29-27(32)23-10-8-9-21(15-23)17-30-20(5)26(28(33)34-7-2)24(16-25(30)31)22-13-11-18(3)12-14-22/h8-15,19,24H,6-7,16-17H2,1-5H3,(H,29,32). The Labute approximate surface area is 202 Å². The minimum Gasteiger partial charge on any atom is -0.463 e. The van der Waals surface area contributed by atoms with E-state index in [0.29, 0.717) is 16.8 Å². The fraction of sp³-hybridized carbons (Fsp3) is 0.393. The number of allylic oxidation sites excluding steroid dienone is 1. The highest BCUT2D eigenvalue weighted by atomic mass is 16.5. The zero-order valence-electron chi connectivity index (χ0n) is 20.7. The quantitative estimate of drug-likeness (QED) is 0.568. The van der Waals surface area contributed by atoms with E-state index in [1.54, 1.807) is 30.9 Å². The highest BCUT2D eigenvalue weighted by Gasteiger charge is 2.36. The van der Waals surface area contributed by atoms with Crippen molar-refractivity contribution in [3.05, 3.63) is 82.1 Å². The number of carbonyl (C=O) groups is 3. The molecule has 2 aromatic carbocycles. The molecule has 1 aliphatic heterocycles. The van der Waals surface area contributed by atoms with Crippen molar-refractivity contribution >= 4 is 17.8 Å². The summed E-state index contributed by atoms with van der Waals surface area (Å²) in [6.07, 6.45) is 1.03. The number of ether oxygens (including phenoxy) is 1. The highest BCUT2D eigenvalue weighted by molar-refractivity contribution is 5.96. The van der Waals surface area contributed by atoms with Crippen molar-refractivity contribution in [1.82, 2.24) is 10.2 Å². The third-order valence-electron chi connectivity index (χ3n) is 6.32. The van der Waals surface area contributed by atoms with Crippen molar-refractivity contribution in [2.24, 2.45) is 0 Å². The van der Waals surface area contributed by atoms with Crippen LogP contribution in [0.15, 0.2) is 59.8 Å². The molecule has 0 saturated heterocycles. The van der Waals surface area contributed by atoms with Crippen LogP contribution in [0.25, 0.3) is 0 Å². The van der Waals surface area contributed by atoms with Crippen LogP contribution < -0.4 is 5.32 Å². The number of hydrogen-bond donors (Lipinski definition) is 1. The van der Waals surface area contributed by atoms with Crippen LogP contribution in [0.5, 0.6) is 0 Å². The predicted molar refractivity (Wildman–Crippen MR) is 132 cm³/mol. The number of nitrogens with one attached hydrogen (secondary N) is 1. The van der Waals surface area contributed by atoms with Gasteiger partial charge in [-0.15, -0.1) is 0 Å². The van der Waals surface area contributed by atoms with Crippen molar-refractivity contribution in [2.75, 3.05) is 6.61 Å². The van der Waals surface area contributed by atoms with Crippen LogP contribution in [0.3, 0.4) is 0 Å². The third-order valence-corrected chi connectivity index (χ3v) is 6.32. The second-order valence-electron chi connectivity index (χ2n) is 8.85. The van der Waals surface area contributed by atoms with Crippen LogP contribution in [-0.4, -0.2) is 35.3 Å². The first-order valence-electron chi connectivity index (χ1n) is 11.9. The maximum atomic E-state index is 13.2. The van der Waals surface area contributed by atoms with E-state index in [-0.39, 0.29) is 43.3 Å². The van der Waals surface area contributed by atoms with E-state index in [9.17, 15) is 14.4 Å². The highest BCUT2D eigenvalue weighted by Crippen LogP contribution is 2.37. The van der Waals surface area contributed by atoms with Crippen LogP contribution >= 0.6 is 0 Å². The molecule has 3 rings (SSSR count). The summed E-state index contributed by atoms with van der Waals surface area (Å²) in [5.41, 5.74) is 4.51. The van der Waals surface area contributed by atoms with Crippen LogP contribution in [0.2, 0.25) is 0 Å². The second kappa shape index (κ2) is 11.1. The first kappa shape index (κ1) is 25.2. The van der Waals surface area contributed by atoms with E-state index in [0.717, 1.165) is 23.1 Å². The maximum Gasteiger partial charge on any atom is 0.336 e. The Morgan fingerprint density at radius 2 is 1.82 bits per heavy atom. The minimum atomic E-state index is -0.398. The molecule has 6 heteroatoms. The Bertz CT molecular complexity index is 1090. The molecule has 34 heavy (non-hydrogen) atoms. The molecule has 0 spiro atoms. The molecule has 2 unspecified atom stereocenters. The van der Waals surface area contributed by atoms with Crippen molar-refractivity contribution in [3.8, 4) is 0 Å². The summed E-state index contributed by atoms with van der Waals surface area (Å²) in [6.45, 7) is 10.1. The lowest BCUT2D eigenvalue weighted by atomic mass is 9.83. The first-order chi connectivity index (χ1) is 16.2. The van der Waals surface area contributed by atoms with Crippen molar-refractivity contribution in [3.63, 3.8) is 0 Å². The first-order valence-corrected chi connectivity index (χ1v) is 11.9. The van der Waals surface area contributed by atoms with E-state index >= 15 is 0 Å². The Balaban J connectivity index is 1.93. The number of carbonyl (C=O) groups excluding carboxylic acids is 3. The number of esters is 1. The molecule has 2 aromatic rings. The Hall–Kier alpha value is -3.41. The molecule has 0 bridgehead atoms. The summed E-state index contributed by atoms with van der Waals surface area (Å²) in [4.78, 5) is 40.4. The van der Waals surface area contributed by atoms with E-state index in [1.807, 2.05) is 57.2 Å². The number of aryl methyl sites for hydroxylation is 1. The van der Waals surface area contributed by atoms with Crippen molar-refractivity contribution < 1.29 is 19.1 Å². The van der Waals surface area contributed by atoms with Gasteiger partial charge in [0.05, 0.1) is 18.7 Å². The van der Waals surface area contributed by atoms with Gasteiger partial charge in [0.25, 0.3) is 5.91 Å². The average Bonchev–Trinajstić information content (AvgIpc) is 2.82. The zero-order valence-corrected chi connectivity index (χ0v) is 20.7. The molecule has 0 aliphatic carbocycles. The number of amides is 2. The summed E-state index contributed by atoms with van der Waals surface area (Å²) in [7, 11) is 0. The summed E-state index contributed by atoms with van der Waals surface area (Å²) in [6, 6.07) is 15.3. The summed E-state index contributed by atoms with van der Waals surface area (Å²) < 4.78 is 5.37. The Morgan fingerprint density at radius 1 is 1.12 bits per heavy atom. The largest absolute Gasteiger partial charge is 0.463 e. The lowest BCUT2D eigenvalue weighted by molar-refractivity contribution is -0.140. The van der Waals surface area contributed by atoms with Gasteiger partial charge in [-0.25, -0.2) is 4.79 Å². The molecular weight excluding hydrogens is 428 g/mol. The van der Waals surface area contributed by atoms with E-state index in [2.05, 4.69) is 5.32 Å². The van der Waals surface area contributed by atoms with Gasteiger partial charge in [-0.2, -0.15) is 0 Å². The monoisotopic (exact) mass is 462 g/mol. The molecule has 0 radical (unpaired) electrons. The Morgan fingerprint density at radius 3 is 2.47 bits per heavy atom. The van der Waals surface area contributed by atoms with Gasteiger partial charge in [-0.05, 0) is 57.4 Å². The van der Waals surface area contributed by atoms with Crippen LogP contribution in [-0.2, 0) is 20.9 Å². The van der Waals surface area contributed by atoms with E-state index in [1.165, 1.54) is 0 Å². The number of rotatable bonds is 8. The van der Waals surface area contributed by atoms with Gasteiger partial charge in [-0.3, -0.25) is 9.59 Å². The smallest absolute Gasteiger partial charge is 0.336 e. The van der Waals surface area contributed by atoms with Gasteiger partial charge < -0.3 is 15.0 Å². The van der Waals surface area contributed by atoms with Crippen molar-refractivity contribution in [1.29, 1.82) is 0 Å². The lowest BCUT2D eigenvalue weighted by Crippen LogP contribution is -2.38. The van der Waals surface area contributed by atoms with Gasteiger partial charge >= 0.3 is 5.97 Å². The molecule has 1 heterocycles. The van der Waals surface area contributed by atoms with Gasteiger partial charge in [0.1, 0.15) is 0 Å². The molecule has 2 amide bonds. The fourth-order valence-electron chi connectivity index (χ4n) is 4.16. The molecule has 1 aliphatic rings. The summed E-state index contributed by atoms with van der Waals surface area (Å²) >= 11 is 0. The molecule has 2 atom stereocenters. The SMILES string of the molecule is CCOC(=O)C1=C(C)N(Cc2cccc(C(=O)NC(C)CC)c2)C(=O)CC1c1ccc(C)cc1. The van der Waals surface area contributed by atoms with Crippen LogP contribution in [0, 0.1) is 6.92 Å². The van der Waals surface area contributed by atoms with Gasteiger partial charge in [0, 0.05) is 29.6 Å². The van der Waals surface area contributed by atoms with Crippen LogP contribution in [0.1, 0.15) is 73.5 Å². The fourth-order valence-corrected chi connectivity index (χ4v) is 4.16. The molecule has 6 nitrogen and oxygen atoms in total. The van der Waals surface area contributed by atoms with Crippen molar-refractivity contribution in [2.45, 2.75) is 66.0 Å². The van der Waals surface area contributed by atoms with Gasteiger partial charge in [-0.1, -0.05) is 48.9 Å². The number of hydrogen-bond acceptors (Lipinski definition) is 4. The zero-order chi connectivity index (χ0) is 24.8. The molecule has 0 fully saturated rings. The third kappa shape index (κ3) is 5.74. The minimum absolute atomic E-state index is 0.0643. The van der Waals surface area contributed by atoms with E-state index in [4.69, 9.17) is 4.74 Å². The topological polar surface area (TPSA) is 75.7 Å². The second-order valence-corrected chi connectivity index (χ2v) is 8.85. The number of benzene rings is 2. The van der Waals surface area contributed by atoms with Gasteiger partial charge in [0.15, 0.2) is 0 Å². The number of nitrogens with zero attached hydrogens (tertiary/aromatic N) is 1. The molecule has 180 valence electrons. The van der Waals surface area contributed by atoms with Crippen LogP contribution in [0.4, 0.5) is 0 Å². The molecule has 1 N–H and O–H groups in total.